The molecule has 1 heterocycles. The van der Waals surface area contributed by atoms with E-state index in [1.54, 1.807) is 13.0 Å². The van der Waals surface area contributed by atoms with Crippen LogP contribution in [0, 0.1) is 5.41 Å². The Bertz CT molecular complexity index is 276. The van der Waals surface area contributed by atoms with Crippen molar-refractivity contribution >= 4 is 5.97 Å². The molecule has 0 aromatic rings. The minimum absolute atomic E-state index is 0.243. The first-order valence-electron chi connectivity index (χ1n) is 4.62. The molecule has 0 saturated heterocycles. The summed E-state index contributed by atoms with van der Waals surface area (Å²) in [5.74, 6) is 0.263. The van der Waals surface area contributed by atoms with Crippen LogP contribution < -0.4 is 0 Å². The van der Waals surface area contributed by atoms with Gasteiger partial charge < -0.3 is 9.47 Å². The summed E-state index contributed by atoms with van der Waals surface area (Å²) >= 11 is 0. The highest BCUT2D eigenvalue weighted by Gasteiger charge is 2.35. The third kappa shape index (κ3) is 2.37. The lowest BCUT2D eigenvalue weighted by Gasteiger charge is -2.34. The molecule has 0 amide bonds. The molecule has 0 bridgehead atoms. The average molecular weight is 196 g/mol. The Labute approximate surface area is 84.4 Å². The molecule has 0 aromatic heterocycles. The third-order valence-electron chi connectivity index (χ3n) is 2.15. The first kappa shape index (κ1) is 10.8. The van der Waals surface area contributed by atoms with E-state index in [0.717, 1.165) is 6.42 Å². The van der Waals surface area contributed by atoms with E-state index in [4.69, 9.17) is 9.47 Å². The largest absolute Gasteiger partial charge is 0.459 e. The van der Waals surface area contributed by atoms with E-state index < -0.39 is 6.29 Å². The number of hydrogen-bond donors (Lipinski definition) is 0. The molecule has 0 radical (unpaired) electrons. The van der Waals surface area contributed by atoms with Gasteiger partial charge in [0.1, 0.15) is 5.76 Å². The van der Waals surface area contributed by atoms with Gasteiger partial charge in [0.25, 0.3) is 0 Å². The zero-order valence-electron chi connectivity index (χ0n) is 8.87. The van der Waals surface area contributed by atoms with Crippen LogP contribution in [-0.4, -0.2) is 12.3 Å². The van der Waals surface area contributed by atoms with Crippen LogP contribution in [0.3, 0.4) is 0 Å². The molecular weight excluding hydrogens is 180 g/mol. The van der Waals surface area contributed by atoms with Gasteiger partial charge in [-0.1, -0.05) is 19.9 Å². The van der Waals surface area contributed by atoms with Gasteiger partial charge >= 0.3 is 5.97 Å². The second kappa shape index (κ2) is 3.86. The topological polar surface area (TPSA) is 35.5 Å². The van der Waals surface area contributed by atoms with Gasteiger partial charge in [-0.05, 0) is 13.3 Å². The smallest absolute Gasteiger partial charge is 0.337 e. The van der Waals surface area contributed by atoms with Gasteiger partial charge in [0.15, 0.2) is 0 Å². The van der Waals surface area contributed by atoms with Gasteiger partial charge in [0.2, 0.25) is 6.29 Å². The molecule has 1 aliphatic heterocycles. The Kier molecular flexibility index (Phi) is 2.99. The first-order chi connectivity index (χ1) is 6.45. The lowest BCUT2D eigenvalue weighted by Crippen LogP contribution is -2.37. The minimum atomic E-state index is -0.516. The number of cyclic esters (lactones) is 1. The second-order valence-corrected chi connectivity index (χ2v) is 4.12. The van der Waals surface area contributed by atoms with Gasteiger partial charge in [0, 0.05) is 5.41 Å². The van der Waals surface area contributed by atoms with Crippen LogP contribution in [0.25, 0.3) is 0 Å². The Morgan fingerprint density at radius 1 is 1.57 bits per heavy atom. The Morgan fingerprint density at radius 3 is 2.71 bits per heavy atom. The van der Waals surface area contributed by atoms with Crippen LogP contribution in [-0.2, 0) is 14.3 Å². The summed E-state index contributed by atoms with van der Waals surface area (Å²) in [6, 6.07) is 0. The highest BCUT2D eigenvalue weighted by molar-refractivity contribution is 5.83. The van der Waals surface area contributed by atoms with Crippen molar-refractivity contribution in [3.05, 3.63) is 24.5 Å². The summed E-state index contributed by atoms with van der Waals surface area (Å²) in [6.07, 6.45) is 3.36. The zero-order valence-corrected chi connectivity index (χ0v) is 8.87. The van der Waals surface area contributed by atoms with Crippen LogP contribution in [0.2, 0.25) is 0 Å². The fraction of sp³-hybridized carbons (Fsp3) is 0.545. The number of allylic oxidation sites excluding steroid dienone is 2. The van der Waals surface area contributed by atoms with E-state index in [1.165, 1.54) is 6.08 Å². The van der Waals surface area contributed by atoms with Crippen LogP contribution in [0.15, 0.2) is 24.5 Å². The molecule has 0 spiro atoms. The van der Waals surface area contributed by atoms with E-state index in [-0.39, 0.29) is 11.4 Å². The summed E-state index contributed by atoms with van der Waals surface area (Å²) in [7, 11) is 0. The number of carbonyl (C=O) groups excluding carboxylic acids is 1. The predicted molar refractivity (Wildman–Crippen MR) is 53.3 cm³/mol. The van der Waals surface area contributed by atoms with Crippen molar-refractivity contribution in [2.24, 2.45) is 5.41 Å². The maximum atomic E-state index is 11.1. The van der Waals surface area contributed by atoms with Crippen molar-refractivity contribution in [3.8, 4) is 0 Å². The predicted octanol–water partition coefficient (Wildman–Crippen LogP) is 2.39. The van der Waals surface area contributed by atoms with Crippen molar-refractivity contribution in [3.63, 3.8) is 0 Å². The Balaban J connectivity index is 2.75. The third-order valence-corrected chi connectivity index (χ3v) is 2.15. The maximum absolute atomic E-state index is 11.1. The fourth-order valence-corrected chi connectivity index (χ4v) is 1.32. The second-order valence-electron chi connectivity index (χ2n) is 4.12. The summed E-state index contributed by atoms with van der Waals surface area (Å²) < 4.78 is 10.5. The molecule has 1 unspecified atom stereocenters. The number of carbonyl (C=O) groups is 1. The Morgan fingerprint density at radius 2 is 2.21 bits per heavy atom. The molecule has 1 rings (SSSR count). The lowest BCUT2D eigenvalue weighted by molar-refractivity contribution is -0.196. The molecule has 1 atom stereocenters. The van der Waals surface area contributed by atoms with Crippen molar-refractivity contribution in [1.82, 2.24) is 0 Å². The van der Waals surface area contributed by atoms with E-state index in [2.05, 4.69) is 6.58 Å². The lowest BCUT2D eigenvalue weighted by atomic mass is 9.88. The zero-order chi connectivity index (χ0) is 10.8. The van der Waals surface area contributed by atoms with Gasteiger partial charge in [-0.15, -0.1) is 6.58 Å². The number of esters is 1. The normalized spacial score (nSPS) is 22.1. The van der Waals surface area contributed by atoms with Crippen LogP contribution in [0.5, 0.6) is 0 Å². The molecule has 0 saturated carbocycles. The molecule has 0 N–H and O–H groups in total. The van der Waals surface area contributed by atoms with E-state index >= 15 is 0 Å². The monoisotopic (exact) mass is 196 g/mol. The molecule has 0 fully saturated rings. The fourth-order valence-electron chi connectivity index (χ4n) is 1.32. The van der Waals surface area contributed by atoms with Gasteiger partial charge in [-0.25, -0.2) is 4.79 Å². The molecule has 1 aliphatic rings. The van der Waals surface area contributed by atoms with E-state index in [1.807, 2.05) is 13.8 Å². The van der Waals surface area contributed by atoms with Gasteiger partial charge in [0.05, 0.1) is 6.08 Å². The maximum Gasteiger partial charge on any atom is 0.337 e. The van der Waals surface area contributed by atoms with E-state index in [0.29, 0.717) is 5.76 Å². The summed E-state index contributed by atoms with van der Waals surface area (Å²) in [5, 5.41) is 0. The van der Waals surface area contributed by atoms with Crippen LogP contribution in [0.4, 0.5) is 0 Å². The summed E-state index contributed by atoms with van der Waals surface area (Å²) in [4.78, 5) is 11.1. The van der Waals surface area contributed by atoms with Crippen molar-refractivity contribution in [2.75, 3.05) is 0 Å². The van der Waals surface area contributed by atoms with Crippen LogP contribution in [0.1, 0.15) is 27.2 Å². The molecule has 3 nitrogen and oxygen atoms in total. The number of ether oxygens (including phenoxy) is 2. The van der Waals surface area contributed by atoms with Crippen molar-refractivity contribution in [1.29, 1.82) is 0 Å². The van der Waals surface area contributed by atoms with Crippen molar-refractivity contribution in [2.45, 2.75) is 33.5 Å². The molecule has 0 aromatic carbocycles. The van der Waals surface area contributed by atoms with E-state index in [9.17, 15) is 4.79 Å². The highest BCUT2D eigenvalue weighted by Crippen LogP contribution is 2.32. The number of hydrogen-bond acceptors (Lipinski definition) is 3. The van der Waals surface area contributed by atoms with Gasteiger partial charge in [-0.3, -0.25) is 0 Å². The molecule has 14 heavy (non-hydrogen) atoms. The standard InChI is InChI=1S/C11H16O3/c1-5-6-11(3,4)10-13-8(2)7-9(12)14-10/h5,7,10H,1,6H2,2-4H3. The first-order valence-corrected chi connectivity index (χ1v) is 4.62. The SMILES string of the molecule is C=CCC(C)(C)C1OC(=O)C=C(C)O1. The molecule has 0 aliphatic carbocycles. The van der Waals surface area contributed by atoms with Gasteiger partial charge in [-0.2, -0.15) is 0 Å². The van der Waals surface area contributed by atoms with Crippen molar-refractivity contribution < 1.29 is 14.3 Å². The summed E-state index contributed by atoms with van der Waals surface area (Å²) in [6.45, 7) is 9.37. The summed E-state index contributed by atoms with van der Waals surface area (Å²) in [5.41, 5.74) is -0.243. The number of rotatable bonds is 3. The molecular formula is C11H16O3. The highest BCUT2D eigenvalue weighted by atomic mass is 16.7. The molecule has 3 heteroatoms. The quantitative estimate of drug-likeness (QED) is 0.513. The molecule has 78 valence electrons. The average Bonchev–Trinajstić information content (AvgIpc) is 2.02. The Hall–Kier alpha value is -1.25. The minimum Gasteiger partial charge on any atom is -0.459 e. The van der Waals surface area contributed by atoms with Crippen LogP contribution >= 0.6 is 0 Å².